The van der Waals surface area contributed by atoms with Gasteiger partial charge in [0, 0.05) is 36.1 Å². The lowest BCUT2D eigenvalue weighted by Gasteiger charge is -2.23. The van der Waals surface area contributed by atoms with Crippen LogP contribution in [0, 0.1) is 0 Å². The second-order valence-corrected chi connectivity index (χ2v) is 8.81. The Hall–Kier alpha value is -3.14. The van der Waals surface area contributed by atoms with Crippen LogP contribution in [0.5, 0.6) is 0 Å². The summed E-state index contributed by atoms with van der Waals surface area (Å²) in [7, 11) is 0. The number of carbonyl (C=O) groups is 3. The highest BCUT2D eigenvalue weighted by Gasteiger charge is 2.51. The zero-order valence-electron chi connectivity index (χ0n) is 19.5. The molecular formula is C24H26ClF3N4O3. The number of aromatic nitrogens is 1. The lowest BCUT2D eigenvalue weighted by atomic mass is 10.0. The Bertz CT molecular complexity index is 1130. The lowest BCUT2D eigenvalue weighted by Crippen LogP contribution is -2.49. The highest BCUT2D eigenvalue weighted by atomic mass is 35.5. The van der Waals surface area contributed by atoms with Crippen LogP contribution >= 0.6 is 11.6 Å². The van der Waals surface area contributed by atoms with Crippen molar-refractivity contribution in [2.75, 3.05) is 13.1 Å². The van der Waals surface area contributed by atoms with Gasteiger partial charge in [-0.1, -0.05) is 17.7 Å². The van der Waals surface area contributed by atoms with Crippen molar-refractivity contribution in [2.45, 2.75) is 51.4 Å². The van der Waals surface area contributed by atoms with Gasteiger partial charge >= 0.3 is 6.18 Å². The van der Waals surface area contributed by atoms with Crippen LogP contribution in [0.25, 0.3) is 0 Å². The third kappa shape index (κ3) is 5.93. The molecule has 3 rings (SSSR count). The molecule has 0 saturated heterocycles. The summed E-state index contributed by atoms with van der Waals surface area (Å²) in [5, 5.41) is 5.64. The number of benzene rings is 1. The van der Waals surface area contributed by atoms with Gasteiger partial charge in [-0.25, -0.2) is 0 Å². The first-order chi connectivity index (χ1) is 16.4. The number of pyridine rings is 1. The quantitative estimate of drug-likeness (QED) is 0.551. The van der Waals surface area contributed by atoms with Crippen LogP contribution in [-0.2, 0) is 11.0 Å². The molecule has 1 saturated carbocycles. The molecule has 2 N–H and O–H groups in total. The van der Waals surface area contributed by atoms with E-state index >= 15 is 0 Å². The van der Waals surface area contributed by atoms with Crippen LogP contribution in [0.3, 0.4) is 0 Å². The Labute approximate surface area is 206 Å². The first-order valence-electron chi connectivity index (χ1n) is 11.2. The van der Waals surface area contributed by atoms with Crippen molar-refractivity contribution in [3.8, 4) is 0 Å². The summed E-state index contributed by atoms with van der Waals surface area (Å²) in [4.78, 5) is 43.2. The lowest BCUT2D eigenvalue weighted by molar-refractivity contribution is -0.137. The maximum Gasteiger partial charge on any atom is 0.417 e. The van der Waals surface area contributed by atoms with Gasteiger partial charge in [-0.15, -0.1) is 0 Å². The van der Waals surface area contributed by atoms with E-state index in [9.17, 15) is 27.6 Å². The average molecular weight is 511 g/mol. The summed E-state index contributed by atoms with van der Waals surface area (Å²) in [6.45, 7) is 6.59. The van der Waals surface area contributed by atoms with E-state index in [1.807, 2.05) is 13.8 Å². The molecule has 0 spiro atoms. The predicted octanol–water partition coefficient (Wildman–Crippen LogP) is 4.38. The van der Waals surface area contributed by atoms with Crippen molar-refractivity contribution in [3.63, 3.8) is 0 Å². The molecule has 1 heterocycles. The van der Waals surface area contributed by atoms with Gasteiger partial charge in [0.15, 0.2) is 0 Å². The molecule has 1 atom stereocenters. The first-order valence-corrected chi connectivity index (χ1v) is 11.5. The van der Waals surface area contributed by atoms with E-state index in [0.717, 1.165) is 6.20 Å². The fourth-order valence-corrected chi connectivity index (χ4v) is 4.00. The Morgan fingerprint density at radius 2 is 1.77 bits per heavy atom. The number of hydrogen-bond acceptors (Lipinski definition) is 4. The summed E-state index contributed by atoms with van der Waals surface area (Å²) in [6, 6.07) is 5.00. The molecule has 7 nitrogen and oxygen atoms in total. The van der Waals surface area contributed by atoms with Gasteiger partial charge in [0.25, 0.3) is 11.8 Å². The normalized spacial score (nSPS) is 15.2. The van der Waals surface area contributed by atoms with Gasteiger partial charge in [0.05, 0.1) is 17.2 Å². The summed E-state index contributed by atoms with van der Waals surface area (Å²) < 4.78 is 38.8. The van der Waals surface area contributed by atoms with Crippen molar-refractivity contribution < 1.29 is 27.6 Å². The zero-order chi connectivity index (χ0) is 26.0. The van der Waals surface area contributed by atoms with Gasteiger partial charge < -0.3 is 15.5 Å². The molecule has 1 aliphatic rings. The second-order valence-electron chi connectivity index (χ2n) is 8.41. The number of hydrogen-bond donors (Lipinski definition) is 2. The first kappa shape index (κ1) is 26.5. The van der Waals surface area contributed by atoms with E-state index in [0.29, 0.717) is 54.3 Å². The Balaban J connectivity index is 1.68. The number of nitrogens with zero attached hydrogens (tertiary/aromatic N) is 2. The molecule has 0 bridgehead atoms. The second kappa shape index (κ2) is 10.2. The van der Waals surface area contributed by atoms with Gasteiger partial charge in [-0.2, -0.15) is 13.2 Å². The highest BCUT2D eigenvalue weighted by Crippen LogP contribution is 2.37. The largest absolute Gasteiger partial charge is 0.417 e. The maximum absolute atomic E-state index is 12.9. The van der Waals surface area contributed by atoms with Crippen molar-refractivity contribution in [2.24, 2.45) is 0 Å². The maximum atomic E-state index is 12.9. The highest BCUT2D eigenvalue weighted by molar-refractivity contribution is 6.31. The van der Waals surface area contributed by atoms with Crippen molar-refractivity contribution in [1.29, 1.82) is 0 Å². The molecule has 0 aliphatic heterocycles. The fraction of sp³-hybridized carbons (Fsp3) is 0.417. The average Bonchev–Trinajstić information content (AvgIpc) is 3.59. The molecule has 11 heteroatoms. The van der Waals surface area contributed by atoms with E-state index in [1.165, 1.54) is 0 Å². The SMILES string of the molecule is CCN(CC)C(=O)c1ccc([C@@H](C)NC(=O)C2(NC(=O)c3cncc(C(F)(F)F)c3)CC2)c(Cl)c1. The van der Waals surface area contributed by atoms with Crippen LogP contribution in [0.1, 0.15) is 71.5 Å². The molecule has 188 valence electrons. The third-order valence-electron chi connectivity index (χ3n) is 5.98. The van der Waals surface area contributed by atoms with Gasteiger partial charge in [0.2, 0.25) is 5.91 Å². The molecule has 0 unspecified atom stereocenters. The van der Waals surface area contributed by atoms with Crippen molar-refractivity contribution >= 4 is 29.3 Å². The molecule has 1 aromatic heterocycles. The molecule has 1 aliphatic carbocycles. The van der Waals surface area contributed by atoms with E-state index in [2.05, 4.69) is 15.6 Å². The van der Waals surface area contributed by atoms with Crippen LogP contribution in [-0.4, -0.2) is 46.2 Å². The zero-order valence-corrected chi connectivity index (χ0v) is 20.3. The number of halogens is 4. The monoisotopic (exact) mass is 510 g/mol. The van der Waals surface area contributed by atoms with E-state index in [4.69, 9.17) is 11.6 Å². The molecule has 1 fully saturated rings. The number of carbonyl (C=O) groups excluding carboxylic acids is 3. The summed E-state index contributed by atoms with van der Waals surface area (Å²) in [5.74, 6) is -1.44. The van der Waals surface area contributed by atoms with Crippen molar-refractivity contribution in [3.05, 3.63) is 63.9 Å². The number of amides is 3. The van der Waals surface area contributed by atoms with E-state index in [-0.39, 0.29) is 11.5 Å². The minimum Gasteiger partial charge on any atom is -0.347 e. The number of nitrogens with one attached hydrogen (secondary N) is 2. The number of rotatable bonds is 8. The Kier molecular flexibility index (Phi) is 7.74. The Morgan fingerprint density at radius 1 is 1.11 bits per heavy atom. The third-order valence-corrected chi connectivity index (χ3v) is 6.30. The number of alkyl halides is 3. The van der Waals surface area contributed by atoms with Crippen LogP contribution < -0.4 is 10.6 Å². The van der Waals surface area contributed by atoms with E-state index in [1.54, 1.807) is 30.0 Å². The van der Waals surface area contributed by atoms with Gasteiger partial charge in [-0.3, -0.25) is 19.4 Å². The fourth-order valence-electron chi connectivity index (χ4n) is 3.66. The smallest absolute Gasteiger partial charge is 0.347 e. The van der Waals surface area contributed by atoms with Crippen LogP contribution in [0.4, 0.5) is 13.2 Å². The summed E-state index contributed by atoms with van der Waals surface area (Å²) in [5.41, 5.74) is -1.54. The van der Waals surface area contributed by atoms with Gasteiger partial charge in [-0.05, 0) is 57.4 Å². The standard InChI is InChI=1S/C24H26ClF3N4O3/c1-4-32(5-2)21(34)15-6-7-18(19(25)11-15)14(3)30-22(35)23(8-9-23)31-20(33)16-10-17(13-29-12-16)24(26,27)28/h6-7,10-14H,4-5,8-9H2,1-3H3,(H,30,35)(H,31,33)/t14-/m1/s1. The van der Waals surface area contributed by atoms with Crippen molar-refractivity contribution in [1.82, 2.24) is 20.5 Å². The predicted molar refractivity (Wildman–Crippen MR) is 124 cm³/mol. The topological polar surface area (TPSA) is 91.4 Å². The molecule has 2 aromatic rings. The minimum absolute atomic E-state index is 0.149. The Morgan fingerprint density at radius 3 is 2.31 bits per heavy atom. The van der Waals surface area contributed by atoms with Gasteiger partial charge in [0.1, 0.15) is 5.54 Å². The minimum atomic E-state index is -4.64. The van der Waals surface area contributed by atoms with Crippen LogP contribution in [0.2, 0.25) is 5.02 Å². The molecule has 1 aromatic carbocycles. The summed E-state index contributed by atoms with van der Waals surface area (Å²) in [6.07, 6.45) is -2.31. The molecule has 0 radical (unpaired) electrons. The van der Waals surface area contributed by atoms with E-state index < -0.39 is 35.1 Å². The molecule has 35 heavy (non-hydrogen) atoms. The van der Waals surface area contributed by atoms with Crippen LogP contribution in [0.15, 0.2) is 36.7 Å². The molecule has 3 amide bonds. The summed E-state index contributed by atoms with van der Waals surface area (Å²) >= 11 is 6.40. The molecular weight excluding hydrogens is 485 g/mol.